The minimum absolute atomic E-state index is 0.0358. The third-order valence-corrected chi connectivity index (χ3v) is 4.68. The first-order valence-corrected chi connectivity index (χ1v) is 9.47. The van der Waals surface area contributed by atoms with Gasteiger partial charge in [0.05, 0.1) is 23.7 Å². The quantitative estimate of drug-likeness (QED) is 0.504. The zero-order chi connectivity index (χ0) is 22.9. The van der Waals surface area contributed by atoms with E-state index >= 15 is 0 Å². The van der Waals surface area contributed by atoms with Crippen molar-refractivity contribution in [3.8, 4) is 17.1 Å². The Morgan fingerprint density at radius 2 is 1.94 bits per heavy atom. The molecule has 0 aromatic carbocycles. The number of aromatic nitrogens is 5. The van der Waals surface area contributed by atoms with Gasteiger partial charge in [-0.2, -0.15) is 13.2 Å². The molecule has 1 unspecified atom stereocenters. The van der Waals surface area contributed by atoms with Gasteiger partial charge in [0, 0.05) is 36.4 Å². The normalized spacial score (nSPS) is 12.5. The van der Waals surface area contributed by atoms with Crippen molar-refractivity contribution in [2.45, 2.75) is 26.1 Å². The molecule has 0 radical (unpaired) electrons. The van der Waals surface area contributed by atoms with Crippen molar-refractivity contribution < 1.29 is 22.7 Å². The number of halogens is 3. The van der Waals surface area contributed by atoms with Crippen molar-refractivity contribution in [3.05, 3.63) is 66.5 Å². The molecular formula is C21H17F3N6O2. The van der Waals surface area contributed by atoms with Gasteiger partial charge in [0.15, 0.2) is 11.8 Å². The Hall–Kier alpha value is -4.02. The number of aryl methyl sites for hydroxylation is 1. The van der Waals surface area contributed by atoms with Gasteiger partial charge in [-0.3, -0.25) is 14.2 Å². The fraction of sp³-hybridized carbons (Fsp3) is 0.190. The number of imidazole rings is 1. The van der Waals surface area contributed by atoms with Gasteiger partial charge in [-0.25, -0.2) is 15.0 Å². The number of hydrogen-bond acceptors (Lipinski definition) is 6. The third-order valence-electron chi connectivity index (χ3n) is 4.68. The van der Waals surface area contributed by atoms with Crippen LogP contribution in [0.4, 0.5) is 19.0 Å². The van der Waals surface area contributed by atoms with E-state index in [1.54, 1.807) is 43.1 Å². The molecule has 4 heterocycles. The maximum absolute atomic E-state index is 13.1. The molecule has 164 valence electrons. The van der Waals surface area contributed by atoms with Crippen LogP contribution in [0.15, 0.2) is 55.4 Å². The Morgan fingerprint density at radius 1 is 1.12 bits per heavy atom. The molecule has 0 aliphatic heterocycles. The van der Waals surface area contributed by atoms with Gasteiger partial charge < -0.3 is 10.1 Å². The van der Waals surface area contributed by atoms with Crippen LogP contribution in [-0.2, 0) is 11.0 Å². The summed E-state index contributed by atoms with van der Waals surface area (Å²) in [4.78, 5) is 28.7. The number of hydrogen-bond donors (Lipinski definition) is 1. The van der Waals surface area contributed by atoms with E-state index in [-0.39, 0.29) is 17.3 Å². The first-order valence-electron chi connectivity index (χ1n) is 9.47. The van der Waals surface area contributed by atoms with E-state index in [2.05, 4.69) is 25.3 Å². The number of pyridine rings is 2. The molecule has 0 fully saturated rings. The van der Waals surface area contributed by atoms with Crippen LogP contribution in [0.25, 0.3) is 16.9 Å². The number of alkyl halides is 3. The molecule has 1 atom stereocenters. The maximum Gasteiger partial charge on any atom is 0.416 e. The number of nitrogens with one attached hydrogen (secondary N) is 1. The highest BCUT2D eigenvalue weighted by molar-refractivity contribution is 5.93. The average molecular weight is 442 g/mol. The predicted octanol–water partition coefficient (Wildman–Crippen LogP) is 3.92. The molecule has 0 saturated heterocycles. The smallest absolute Gasteiger partial charge is 0.416 e. The molecule has 0 bridgehead atoms. The Morgan fingerprint density at radius 3 is 2.66 bits per heavy atom. The van der Waals surface area contributed by atoms with Gasteiger partial charge in [-0.1, -0.05) is 0 Å². The number of fused-ring (bicyclic) bond motifs is 1. The lowest BCUT2D eigenvalue weighted by molar-refractivity contribution is -0.138. The molecule has 4 rings (SSSR count). The Kier molecular flexibility index (Phi) is 5.47. The fourth-order valence-corrected chi connectivity index (χ4v) is 3.02. The van der Waals surface area contributed by atoms with E-state index in [1.165, 1.54) is 13.8 Å². The monoisotopic (exact) mass is 442 g/mol. The van der Waals surface area contributed by atoms with E-state index in [0.717, 1.165) is 23.5 Å². The molecule has 0 aliphatic rings. The van der Waals surface area contributed by atoms with Crippen molar-refractivity contribution in [2.24, 2.45) is 0 Å². The molecule has 4 aromatic rings. The van der Waals surface area contributed by atoms with Crippen LogP contribution in [0, 0.1) is 6.92 Å². The number of carbonyl (C=O) groups is 1. The number of anilines is 1. The van der Waals surface area contributed by atoms with E-state index in [9.17, 15) is 18.0 Å². The summed E-state index contributed by atoms with van der Waals surface area (Å²) in [6.07, 6.45) is 3.80. The summed E-state index contributed by atoms with van der Waals surface area (Å²) in [6.45, 7) is 2.76. The number of nitrogens with zero attached hydrogens (tertiary/aromatic N) is 5. The number of ether oxygens (including phenoxy) is 1. The SMILES string of the molecule is Cc1cnc(NC(=O)C(C)Oc2ccc(-c3cnc4cnccn34)cn2)cc1C(F)(F)F. The first kappa shape index (κ1) is 21.2. The minimum Gasteiger partial charge on any atom is -0.465 e. The lowest BCUT2D eigenvalue weighted by atomic mass is 10.1. The number of carbonyl (C=O) groups excluding carboxylic acids is 1. The van der Waals surface area contributed by atoms with Gasteiger partial charge >= 0.3 is 6.18 Å². The zero-order valence-electron chi connectivity index (χ0n) is 17.0. The molecule has 8 nitrogen and oxygen atoms in total. The van der Waals surface area contributed by atoms with Crippen LogP contribution in [0.3, 0.4) is 0 Å². The molecular weight excluding hydrogens is 425 g/mol. The summed E-state index contributed by atoms with van der Waals surface area (Å²) < 4.78 is 46.5. The second-order valence-corrected chi connectivity index (χ2v) is 6.96. The van der Waals surface area contributed by atoms with Crippen LogP contribution in [0.1, 0.15) is 18.1 Å². The summed E-state index contributed by atoms with van der Waals surface area (Å²) >= 11 is 0. The molecule has 0 aliphatic carbocycles. The number of amides is 1. The predicted molar refractivity (Wildman–Crippen MR) is 109 cm³/mol. The number of rotatable bonds is 5. The van der Waals surface area contributed by atoms with E-state index in [1.807, 2.05) is 4.40 Å². The highest BCUT2D eigenvalue weighted by Gasteiger charge is 2.33. The Bertz CT molecular complexity index is 1270. The Labute approximate surface area is 180 Å². The second kappa shape index (κ2) is 8.25. The summed E-state index contributed by atoms with van der Waals surface area (Å²) in [7, 11) is 0. The summed E-state index contributed by atoms with van der Waals surface area (Å²) in [5.74, 6) is -0.692. The maximum atomic E-state index is 13.1. The van der Waals surface area contributed by atoms with E-state index < -0.39 is 23.8 Å². The van der Waals surface area contributed by atoms with Gasteiger partial charge in [0.25, 0.3) is 5.91 Å². The minimum atomic E-state index is -4.54. The lowest BCUT2D eigenvalue weighted by Crippen LogP contribution is -2.30. The van der Waals surface area contributed by atoms with Gasteiger partial charge in [0.1, 0.15) is 5.82 Å². The van der Waals surface area contributed by atoms with Gasteiger partial charge in [0.2, 0.25) is 5.88 Å². The summed E-state index contributed by atoms with van der Waals surface area (Å²) in [5, 5.41) is 2.34. The molecule has 11 heteroatoms. The molecule has 1 amide bonds. The van der Waals surface area contributed by atoms with Crippen LogP contribution in [-0.4, -0.2) is 36.3 Å². The van der Waals surface area contributed by atoms with Gasteiger partial charge in [-0.15, -0.1) is 0 Å². The Balaban J connectivity index is 1.44. The summed E-state index contributed by atoms with van der Waals surface area (Å²) in [6, 6.07) is 4.14. The van der Waals surface area contributed by atoms with Crippen LogP contribution in [0.2, 0.25) is 0 Å². The highest BCUT2D eigenvalue weighted by atomic mass is 19.4. The van der Waals surface area contributed by atoms with Crippen molar-refractivity contribution in [2.75, 3.05) is 5.32 Å². The van der Waals surface area contributed by atoms with Crippen molar-refractivity contribution >= 4 is 17.4 Å². The van der Waals surface area contributed by atoms with E-state index in [0.29, 0.717) is 5.65 Å². The van der Waals surface area contributed by atoms with Gasteiger partial charge in [-0.05, 0) is 31.5 Å². The summed E-state index contributed by atoms with van der Waals surface area (Å²) in [5.41, 5.74) is 1.37. The average Bonchev–Trinajstić information content (AvgIpc) is 3.19. The molecule has 0 spiro atoms. The van der Waals surface area contributed by atoms with Crippen LogP contribution < -0.4 is 10.1 Å². The second-order valence-electron chi connectivity index (χ2n) is 6.96. The molecule has 1 N–H and O–H groups in total. The lowest BCUT2D eigenvalue weighted by Gasteiger charge is -2.15. The molecule has 0 saturated carbocycles. The third kappa shape index (κ3) is 4.36. The first-order chi connectivity index (χ1) is 15.2. The van der Waals surface area contributed by atoms with E-state index in [4.69, 9.17) is 4.74 Å². The zero-order valence-corrected chi connectivity index (χ0v) is 17.0. The van der Waals surface area contributed by atoms with Crippen LogP contribution in [0.5, 0.6) is 5.88 Å². The largest absolute Gasteiger partial charge is 0.465 e. The van der Waals surface area contributed by atoms with Crippen LogP contribution >= 0.6 is 0 Å². The molecule has 4 aromatic heterocycles. The topological polar surface area (TPSA) is 94.3 Å². The highest BCUT2D eigenvalue weighted by Crippen LogP contribution is 2.32. The van der Waals surface area contributed by atoms with Crippen molar-refractivity contribution in [3.63, 3.8) is 0 Å². The van der Waals surface area contributed by atoms with Crippen molar-refractivity contribution in [1.29, 1.82) is 0 Å². The standard InChI is InChI=1S/C21H17F3N6O2/c1-12-8-26-17(7-15(12)21(22,23)24)29-20(31)13(2)32-19-4-3-14(9-28-19)16-10-27-18-11-25-5-6-30(16)18/h3-11,13H,1-2H3,(H,26,29,31). The molecule has 32 heavy (non-hydrogen) atoms. The van der Waals surface area contributed by atoms with Crippen molar-refractivity contribution in [1.82, 2.24) is 24.3 Å². The fourth-order valence-electron chi connectivity index (χ4n) is 3.02.